The minimum Gasteiger partial charge on any atom is -0.330 e. The van der Waals surface area contributed by atoms with Crippen LogP contribution in [0.25, 0.3) is 0 Å². The summed E-state index contributed by atoms with van der Waals surface area (Å²) in [7, 11) is 0. The first-order chi connectivity index (χ1) is 7.70. The van der Waals surface area contributed by atoms with E-state index in [1.807, 2.05) is 6.92 Å². The van der Waals surface area contributed by atoms with Crippen LogP contribution in [0.15, 0.2) is 0 Å². The molecule has 1 rings (SSSR count). The van der Waals surface area contributed by atoms with Crippen LogP contribution in [0.5, 0.6) is 0 Å². The molecule has 4 nitrogen and oxygen atoms in total. The lowest BCUT2D eigenvalue weighted by atomic mass is 9.96. The minimum atomic E-state index is 0.273. The fourth-order valence-electron chi connectivity index (χ4n) is 1.86. The van der Waals surface area contributed by atoms with Crippen molar-refractivity contribution < 1.29 is 0 Å². The molecule has 0 radical (unpaired) electrons. The van der Waals surface area contributed by atoms with Crippen molar-refractivity contribution >= 4 is 0 Å². The molecule has 0 aromatic rings. The van der Waals surface area contributed by atoms with E-state index >= 15 is 0 Å². The molecule has 0 heterocycles. The first kappa shape index (κ1) is 15.8. The van der Waals surface area contributed by atoms with Crippen molar-refractivity contribution in [2.75, 3.05) is 19.6 Å². The molecule has 1 aliphatic carbocycles. The maximum atomic E-state index is 5.38. The average Bonchev–Trinajstić information content (AvgIpc) is 2.28. The quantitative estimate of drug-likeness (QED) is 0.555. The van der Waals surface area contributed by atoms with Crippen LogP contribution in [-0.4, -0.2) is 31.7 Å². The molecule has 0 aromatic carbocycles. The van der Waals surface area contributed by atoms with Gasteiger partial charge in [0.15, 0.2) is 0 Å². The molecule has 0 saturated heterocycles. The molecule has 1 fully saturated rings. The molecule has 0 bridgehead atoms. The van der Waals surface area contributed by atoms with Crippen LogP contribution in [-0.2, 0) is 0 Å². The van der Waals surface area contributed by atoms with Crippen LogP contribution in [0, 0.1) is 0 Å². The van der Waals surface area contributed by atoms with Gasteiger partial charge in [0.25, 0.3) is 0 Å². The van der Waals surface area contributed by atoms with Gasteiger partial charge in [-0.15, -0.1) is 0 Å². The highest BCUT2D eigenvalue weighted by atomic mass is 14.9. The number of rotatable bonds is 5. The van der Waals surface area contributed by atoms with E-state index in [4.69, 9.17) is 17.2 Å². The Bertz CT molecular complexity index is 133. The highest BCUT2D eigenvalue weighted by molar-refractivity contribution is 4.71. The Balaban J connectivity index is 0.000000325. The maximum absolute atomic E-state index is 5.38. The summed E-state index contributed by atoms with van der Waals surface area (Å²) >= 11 is 0. The van der Waals surface area contributed by atoms with Crippen molar-refractivity contribution in [1.29, 1.82) is 0 Å². The second-order valence-electron chi connectivity index (χ2n) is 4.63. The predicted molar refractivity (Wildman–Crippen MR) is 71.3 cm³/mol. The van der Waals surface area contributed by atoms with Gasteiger partial charge in [-0.3, -0.25) is 0 Å². The van der Waals surface area contributed by atoms with Gasteiger partial charge in [0.2, 0.25) is 0 Å². The molecule has 1 atom stereocenters. The molecule has 16 heavy (non-hydrogen) atoms. The second kappa shape index (κ2) is 11.3. The van der Waals surface area contributed by atoms with Crippen molar-refractivity contribution in [3.05, 3.63) is 0 Å². The van der Waals surface area contributed by atoms with E-state index in [0.717, 1.165) is 25.6 Å². The smallest absolute Gasteiger partial charge is 0.00770 e. The monoisotopic (exact) mass is 230 g/mol. The fourth-order valence-corrected chi connectivity index (χ4v) is 1.86. The van der Waals surface area contributed by atoms with Gasteiger partial charge in [0.05, 0.1) is 0 Å². The average molecular weight is 230 g/mol. The van der Waals surface area contributed by atoms with Crippen molar-refractivity contribution in [3.63, 3.8) is 0 Å². The zero-order valence-electron chi connectivity index (χ0n) is 10.8. The van der Waals surface area contributed by atoms with Gasteiger partial charge in [-0.05, 0) is 32.7 Å². The van der Waals surface area contributed by atoms with Crippen LogP contribution in [0.4, 0.5) is 0 Å². The molecule has 4 heteroatoms. The third-order valence-electron chi connectivity index (χ3n) is 2.80. The van der Waals surface area contributed by atoms with E-state index < -0.39 is 0 Å². The van der Waals surface area contributed by atoms with E-state index in [-0.39, 0.29) is 6.04 Å². The van der Waals surface area contributed by atoms with E-state index in [0.29, 0.717) is 6.54 Å². The van der Waals surface area contributed by atoms with Crippen molar-refractivity contribution in [2.24, 2.45) is 17.2 Å². The van der Waals surface area contributed by atoms with Crippen LogP contribution in [0.3, 0.4) is 0 Å². The Morgan fingerprint density at radius 2 is 1.75 bits per heavy atom. The summed E-state index contributed by atoms with van der Waals surface area (Å²) in [6.07, 6.45) is 7.89. The highest BCUT2D eigenvalue weighted by Crippen LogP contribution is 2.16. The molecular weight excluding hydrogens is 200 g/mol. The Morgan fingerprint density at radius 3 is 2.12 bits per heavy atom. The summed E-state index contributed by atoms with van der Waals surface area (Å²) in [5.41, 5.74) is 15.9. The summed E-state index contributed by atoms with van der Waals surface area (Å²) in [6, 6.07) is 1.05. The van der Waals surface area contributed by atoms with E-state index in [1.54, 1.807) is 0 Å². The van der Waals surface area contributed by atoms with Crippen LogP contribution in [0.2, 0.25) is 0 Å². The predicted octanol–water partition coefficient (Wildman–Crippen LogP) is 0.550. The zero-order chi connectivity index (χ0) is 12.2. The van der Waals surface area contributed by atoms with Gasteiger partial charge in [-0.25, -0.2) is 0 Å². The number of hydrogen-bond donors (Lipinski definition) is 4. The highest BCUT2D eigenvalue weighted by Gasteiger charge is 2.10. The standard InChI is InChI=1S/C8H18N2.C4H12N2/c9-6-7-10-8-4-2-1-3-5-8;1-4(6)2-3-5/h8,10H,1-7,9H2;4H,2-3,5-6H2,1H3. The Morgan fingerprint density at radius 1 is 1.12 bits per heavy atom. The van der Waals surface area contributed by atoms with E-state index in [1.165, 1.54) is 32.1 Å². The Hall–Kier alpha value is -0.160. The third kappa shape index (κ3) is 10.4. The molecule has 1 saturated carbocycles. The summed E-state index contributed by atoms with van der Waals surface area (Å²) in [4.78, 5) is 0. The lowest BCUT2D eigenvalue weighted by Crippen LogP contribution is -2.34. The number of hydrogen-bond acceptors (Lipinski definition) is 4. The van der Waals surface area contributed by atoms with Crippen LogP contribution < -0.4 is 22.5 Å². The van der Waals surface area contributed by atoms with Crippen molar-refractivity contribution in [1.82, 2.24) is 5.32 Å². The Kier molecular flexibility index (Phi) is 11.2. The van der Waals surface area contributed by atoms with Crippen LogP contribution in [0.1, 0.15) is 45.4 Å². The zero-order valence-corrected chi connectivity index (χ0v) is 10.8. The molecule has 98 valence electrons. The van der Waals surface area contributed by atoms with Gasteiger partial charge in [-0.1, -0.05) is 19.3 Å². The number of nitrogens with two attached hydrogens (primary N) is 3. The first-order valence-electron chi connectivity index (χ1n) is 6.59. The molecule has 0 spiro atoms. The van der Waals surface area contributed by atoms with Gasteiger partial charge in [-0.2, -0.15) is 0 Å². The first-order valence-corrected chi connectivity index (χ1v) is 6.59. The normalized spacial score (nSPS) is 18.8. The van der Waals surface area contributed by atoms with Crippen molar-refractivity contribution in [2.45, 2.75) is 57.5 Å². The summed E-state index contributed by atoms with van der Waals surface area (Å²) in [6.45, 7) is 4.42. The van der Waals surface area contributed by atoms with Gasteiger partial charge in [0, 0.05) is 25.2 Å². The molecule has 7 N–H and O–H groups in total. The summed E-state index contributed by atoms with van der Waals surface area (Å²) in [5.74, 6) is 0. The number of nitrogens with one attached hydrogen (secondary N) is 1. The largest absolute Gasteiger partial charge is 0.330 e. The van der Waals surface area contributed by atoms with Crippen molar-refractivity contribution in [3.8, 4) is 0 Å². The fraction of sp³-hybridized carbons (Fsp3) is 1.00. The third-order valence-corrected chi connectivity index (χ3v) is 2.80. The van der Waals surface area contributed by atoms with Gasteiger partial charge in [0.1, 0.15) is 0 Å². The van der Waals surface area contributed by atoms with Gasteiger partial charge < -0.3 is 22.5 Å². The summed E-state index contributed by atoms with van der Waals surface area (Å²) < 4.78 is 0. The lowest BCUT2D eigenvalue weighted by molar-refractivity contribution is 0.377. The topological polar surface area (TPSA) is 90.1 Å². The molecule has 0 aliphatic heterocycles. The molecular formula is C12H30N4. The molecule has 1 aliphatic rings. The van der Waals surface area contributed by atoms with E-state index in [2.05, 4.69) is 5.32 Å². The van der Waals surface area contributed by atoms with Crippen LogP contribution >= 0.6 is 0 Å². The SMILES string of the molecule is CC(N)CCN.NCCNC1CCCCC1. The molecule has 0 amide bonds. The minimum absolute atomic E-state index is 0.273. The Labute approximate surface area is 100 Å². The van der Waals surface area contributed by atoms with Gasteiger partial charge >= 0.3 is 0 Å². The molecule has 0 aromatic heterocycles. The second-order valence-corrected chi connectivity index (χ2v) is 4.63. The maximum Gasteiger partial charge on any atom is 0.00770 e. The lowest BCUT2D eigenvalue weighted by Gasteiger charge is -2.22. The molecule has 1 unspecified atom stereocenters. The van der Waals surface area contributed by atoms with E-state index in [9.17, 15) is 0 Å². The summed E-state index contributed by atoms with van der Waals surface area (Å²) in [5, 5.41) is 3.45.